The second-order valence-electron chi connectivity index (χ2n) is 12.6. The number of rotatable bonds is 2. The van der Waals surface area contributed by atoms with E-state index in [2.05, 4.69) is 11.7 Å². The number of fused-ring (bicyclic) bond motifs is 6. The number of hydrogen-bond donors (Lipinski definition) is 0. The molecule has 2 aliphatic rings. The van der Waals surface area contributed by atoms with E-state index in [1.807, 2.05) is 67.4 Å². The van der Waals surface area contributed by atoms with Crippen molar-refractivity contribution in [2.24, 2.45) is 7.05 Å². The summed E-state index contributed by atoms with van der Waals surface area (Å²) < 4.78 is 54.1. The number of carbonyl (C=O) groups excluding carboxylic acids is 1. The molecule has 0 aliphatic carbocycles. The molecule has 0 saturated carbocycles. The molecule has 6 aromatic rings. The Labute approximate surface area is 296 Å². The molecule has 4 aromatic heterocycles. The van der Waals surface area contributed by atoms with Gasteiger partial charge in [-0.2, -0.15) is 10.2 Å². The monoisotopic (exact) mass is 708 g/mol. The Bertz CT molecular complexity index is 2380. The van der Waals surface area contributed by atoms with Crippen molar-refractivity contribution in [1.82, 2.24) is 29.4 Å². The smallest absolute Gasteiger partial charge is 0.246 e. The van der Waals surface area contributed by atoms with Gasteiger partial charge in [0.1, 0.15) is 47.7 Å². The Morgan fingerprint density at radius 3 is 2.71 bits per heavy atom. The minimum absolute atomic E-state index is 0.0224. The highest BCUT2D eigenvalue weighted by molar-refractivity contribution is 7.18. The molecule has 2 aromatic carbocycles. The summed E-state index contributed by atoms with van der Waals surface area (Å²) in [5.74, 6) is -1.14. The minimum atomic E-state index is -0.800. The molecule has 2 atom stereocenters. The van der Waals surface area contributed by atoms with Crippen LogP contribution < -0.4 is 9.47 Å². The van der Waals surface area contributed by atoms with Gasteiger partial charge in [0.2, 0.25) is 5.91 Å². The maximum Gasteiger partial charge on any atom is 0.246 e. The SMILES string of the molecule is C=CC(=O)N1CCn2nc(-c3nc4c5ccsc5c3-c3c(F)cc(F)cc3OC[C@@H](C)OC/C=C/COc3cc5c(cnn5C)cc3-4)cc2[C@H]1C. The van der Waals surface area contributed by atoms with Gasteiger partial charge in [-0.3, -0.25) is 14.2 Å². The van der Waals surface area contributed by atoms with Gasteiger partial charge in [-0.15, -0.1) is 11.3 Å². The van der Waals surface area contributed by atoms with Crippen molar-refractivity contribution in [2.75, 3.05) is 26.4 Å². The fourth-order valence-electron chi connectivity index (χ4n) is 6.82. The third-order valence-corrected chi connectivity index (χ3v) is 10.3. The quantitative estimate of drug-likeness (QED) is 0.136. The van der Waals surface area contributed by atoms with Crippen LogP contribution in [-0.2, 0) is 23.1 Å². The summed E-state index contributed by atoms with van der Waals surface area (Å²) in [7, 11) is 1.87. The zero-order chi connectivity index (χ0) is 35.4. The fourth-order valence-corrected chi connectivity index (χ4v) is 7.77. The van der Waals surface area contributed by atoms with Gasteiger partial charge in [0.15, 0.2) is 0 Å². The van der Waals surface area contributed by atoms with E-state index in [0.717, 1.165) is 28.0 Å². The van der Waals surface area contributed by atoms with Crippen molar-refractivity contribution < 1.29 is 27.8 Å². The van der Waals surface area contributed by atoms with Crippen molar-refractivity contribution in [3.05, 3.63) is 90.1 Å². The summed E-state index contributed by atoms with van der Waals surface area (Å²) in [6, 6.07) is 9.50. The Morgan fingerprint density at radius 1 is 1.02 bits per heavy atom. The van der Waals surface area contributed by atoms with Crippen LogP contribution in [-0.4, -0.2) is 67.8 Å². The van der Waals surface area contributed by atoms with Crippen LogP contribution in [0.1, 0.15) is 25.6 Å². The average Bonchev–Trinajstić information content (AvgIpc) is 3.87. The van der Waals surface area contributed by atoms with Gasteiger partial charge in [-0.1, -0.05) is 12.7 Å². The van der Waals surface area contributed by atoms with Crippen molar-refractivity contribution in [2.45, 2.75) is 32.5 Å². The van der Waals surface area contributed by atoms with Gasteiger partial charge in [0.25, 0.3) is 0 Å². The maximum atomic E-state index is 16.4. The third-order valence-electron chi connectivity index (χ3n) is 9.39. The number of amides is 1. The molecule has 13 heteroatoms. The number of benzene rings is 2. The van der Waals surface area contributed by atoms with Crippen LogP contribution in [0.3, 0.4) is 0 Å². The lowest BCUT2D eigenvalue weighted by atomic mass is 9.95. The Hall–Kier alpha value is -5.40. The van der Waals surface area contributed by atoms with E-state index in [1.54, 1.807) is 15.8 Å². The number of aromatic nitrogens is 5. The third kappa shape index (κ3) is 5.75. The largest absolute Gasteiger partial charge is 0.490 e. The summed E-state index contributed by atoms with van der Waals surface area (Å²) in [4.78, 5) is 19.8. The van der Waals surface area contributed by atoms with Crippen molar-refractivity contribution in [1.29, 1.82) is 0 Å². The van der Waals surface area contributed by atoms with Gasteiger partial charge < -0.3 is 19.1 Å². The minimum Gasteiger partial charge on any atom is -0.490 e. The molecular formula is C38H34F2N6O4S. The summed E-state index contributed by atoms with van der Waals surface area (Å²) >= 11 is 1.41. The first-order valence-corrected chi connectivity index (χ1v) is 17.5. The van der Waals surface area contributed by atoms with E-state index in [0.29, 0.717) is 58.4 Å². The summed E-state index contributed by atoms with van der Waals surface area (Å²) in [6.45, 7) is 8.93. The highest BCUT2D eigenvalue weighted by Crippen LogP contribution is 2.49. The number of halogens is 2. The molecule has 2 bridgehead atoms. The summed E-state index contributed by atoms with van der Waals surface area (Å²) in [6.07, 6.45) is 6.43. The number of hydrogen-bond acceptors (Lipinski definition) is 8. The molecule has 0 spiro atoms. The molecular weight excluding hydrogens is 675 g/mol. The Balaban J connectivity index is 1.44. The van der Waals surface area contributed by atoms with Gasteiger partial charge in [0, 0.05) is 58.4 Å². The standard InChI is InChI=1S/C38H34F2N6O4S/c1-5-33(47)45-9-10-46-29(22(45)3)17-28(43-46)37-35-34-27(40)15-24(39)16-32(34)50-20-21(2)48-11-6-7-12-49-31-18-30-23(19-41-44(30)4)14-26(31)36(42-37)25-8-13-51-38(25)35/h5-8,13-19,21-22H,1,9-12,20H2,2-4H3/b7-6+/t21-,22-/m1/s1. The molecule has 2 aliphatic heterocycles. The van der Waals surface area contributed by atoms with E-state index < -0.39 is 17.7 Å². The van der Waals surface area contributed by atoms with Gasteiger partial charge in [0.05, 0.1) is 54.0 Å². The second-order valence-corrected chi connectivity index (χ2v) is 13.5. The van der Waals surface area contributed by atoms with E-state index in [9.17, 15) is 9.18 Å². The first-order chi connectivity index (χ1) is 24.7. The number of ether oxygens (including phenoxy) is 3. The maximum absolute atomic E-state index is 16.4. The number of carbonyl (C=O) groups is 1. The number of thiophene rings is 1. The average molecular weight is 709 g/mol. The molecule has 0 saturated heterocycles. The van der Waals surface area contributed by atoms with E-state index in [1.165, 1.54) is 23.5 Å². The lowest BCUT2D eigenvalue weighted by molar-refractivity contribution is -0.129. The first-order valence-electron chi connectivity index (χ1n) is 16.6. The van der Waals surface area contributed by atoms with E-state index in [-0.39, 0.29) is 36.5 Å². The van der Waals surface area contributed by atoms with Crippen LogP contribution in [0.4, 0.5) is 8.78 Å². The first kappa shape index (κ1) is 32.8. The van der Waals surface area contributed by atoms with Crippen molar-refractivity contribution in [3.8, 4) is 45.3 Å². The van der Waals surface area contributed by atoms with Crippen molar-refractivity contribution in [3.63, 3.8) is 0 Å². The molecule has 0 unspecified atom stereocenters. The molecule has 260 valence electrons. The van der Waals surface area contributed by atoms with Gasteiger partial charge in [-0.25, -0.2) is 13.8 Å². The normalized spacial score (nSPS) is 18.4. The molecule has 51 heavy (non-hydrogen) atoms. The number of aryl methyl sites for hydroxylation is 1. The number of nitrogens with zero attached hydrogens (tertiary/aromatic N) is 6. The molecule has 8 rings (SSSR count). The highest BCUT2D eigenvalue weighted by atomic mass is 32.1. The van der Waals surface area contributed by atoms with Crippen LogP contribution in [0.2, 0.25) is 0 Å². The molecule has 1 amide bonds. The second kappa shape index (κ2) is 13.1. The van der Waals surface area contributed by atoms with Crippen LogP contribution in [0, 0.1) is 11.6 Å². The molecule has 10 nitrogen and oxygen atoms in total. The highest BCUT2D eigenvalue weighted by Gasteiger charge is 2.32. The molecule has 0 radical (unpaired) electrons. The summed E-state index contributed by atoms with van der Waals surface area (Å²) in [5.41, 5.74) is 4.31. The van der Waals surface area contributed by atoms with Gasteiger partial charge >= 0.3 is 0 Å². The van der Waals surface area contributed by atoms with Crippen LogP contribution in [0.5, 0.6) is 11.5 Å². The topological polar surface area (TPSA) is 96.5 Å². The zero-order valence-corrected chi connectivity index (χ0v) is 29.0. The van der Waals surface area contributed by atoms with Crippen LogP contribution in [0.25, 0.3) is 54.8 Å². The Morgan fingerprint density at radius 2 is 1.86 bits per heavy atom. The van der Waals surface area contributed by atoms with Crippen LogP contribution in [0.15, 0.2) is 72.8 Å². The lowest BCUT2D eigenvalue weighted by Gasteiger charge is -2.33. The van der Waals surface area contributed by atoms with Crippen molar-refractivity contribution >= 4 is 38.2 Å². The Kier molecular flexibility index (Phi) is 8.39. The van der Waals surface area contributed by atoms with Crippen LogP contribution >= 0.6 is 11.3 Å². The predicted molar refractivity (Wildman–Crippen MR) is 192 cm³/mol. The van der Waals surface area contributed by atoms with Gasteiger partial charge in [-0.05, 0) is 49.6 Å². The molecule has 0 fully saturated rings. The number of pyridine rings is 1. The van der Waals surface area contributed by atoms with E-state index in [4.69, 9.17) is 24.3 Å². The van der Waals surface area contributed by atoms with E-state index >= 15 is 4.39 Å². The lowest BCUT2D eigenvalue weighted by Crippen LogP contribution is -2.40. The fraction of sp³-hybridized carbons (Fsp3) is 0.263. The molecule has 6 heterocycles. The summed E-state index contributed by atoms with van der Waals surface area (Å²) in [5, 5.41) is 13.0. The zero-order valence-electron chi connectivity index (χ0n) is 28.2. The molecule has 0 N–H and O–H groups in total. The predicted octanol–water partition coefficient (Wildman–Crippen LogP) is 7.48.